The summed E-state index contributed by atoms with van der Waals surface area (Å²) >= 11 is 0. The van der Waals surface area contributed by atoms with E-state index in [1.165, 1.54) is 13.8 Å². The fourth-order valence-electron chi connectivity index (χ4n) is 9.82. The van der Waals surface area contributed by atoms with Crippen LogP contribution in [0.1, 0.15) is 125 Å². The number of carbonyl (C=O) groups is 12. The molecular formula is C63H99N15O15. The van der Waals surface area contributed by atoms with Crippen molar-refractivity contribution in [3.05, 3.63) is 65.7 Å². The number of cyclic esters (lactones) is 1. The highest BCUT2D eigenvalue weighted by Crippen LogP contribution is 2.19. The van der Waals surface area contributed by atoms with E-state index in [0.717, 1.165) is 5.56 Å². The van der Waals surface area contributed by atoms with Gasteiger partial charge in [0.15, 0.2) is 5.96 Å². The van der Waals surface area contributed by atoms with Gasteiger partial charge >= 0.3 is 5.97 Å². The number of esters is 1. The third-order valence-electron chi connectivity index (χ3n) is 16.7. The first-order chi connectivity index (χ1) is 44.0. The van der Waals surface area contributed by atoms with Crippen LogP contribution in [0.15, 0.2) is 59.6 Å². The minimum Gasteiger partial charge on any atom is -0.458 e. The van der Waals surface area contributed by atoms with E-state index < -0.39 is 193 Å². The molecule has 16 atom stereocenters. The van der Waals surface area contributed by atoms with E-state index in [-0.39, 0.29) is 25.2 Å². The fourth-order valence-corrected chi connectivity index (χ4v) is 9.82. The number of rotatable bonds is 34. The van der Waals surface area contributed by atoms with Crippen LogP contribution in [0.25, 0.3) is 0 Å². The molecule has 19 N–H and O–H groups in total. The molecule has 516 valence electrons. The largest absolute Gasteiger partial charge is 0.458 e. The Kier molecular flexibility index (Phi) is 32.9. The quantitative estimate of drug-likeness (QED) is 0.0197. The second-order valence-corrected chi connectivity index (χ2v) is 23.7. The summed E-state index contributed by atoms with van der Waals surface area (Å²) in [6, 6.07) is 0.245. The Balaban J connectivity index is 1.86. The van der Waals surface area contributed by atoms with Gasteiger partial charge in [-0.05, 0) is 87.1 Å². The van der Waals surface area contributed by atoms with Crippen molar-refractivity contribution in [2.75, 3.05) is 20.3 Å². The lowest BCUT2D eigenvalue weighted by atomic mass is 9.94. The molecule has 1 aliphatic rings. The standard InChI is InChI=1S/C63H99N15O15/c1-12-32(5)47(74-53(83)41(67-11)26-23-38-19-17-16-18-20-38)58(88)72-44(30-79)56(86)70-42(27-28-46(64)81)54(84)75-49(34(7)14-3)60(90)76-48(33(6)13-2)59(89)73-45(31-80)57(87)78-51-37(10)93-62(92)50(35(8)15-4)77-55(85)43(71-52(82)36(9)68-61(51)91)29-39-21-24-40(25-22-39)69-63(65)66/h16-22,24-25,32-37,41-45,47-51,67,79-80H,12-15,23,26-31H2,1-11H3,(H2,64,81)(H,68,91)(H,70,86)(H,71,82)(H,72,88)(H,73,89)(H,74,83)(H,75,84)(H,76,90)(H,77,85)(H,78,87)(H4,65,66,69)/t32-,33-,34-,35-,36-,37-,41+,42+,43-,44-,45-,47-,48-,49+,50-,51+/m0/s1. The molecule has 0 aromatic heterocycles. The minimum atomic E-state index is -1.84. The van der Waals surface area contributed by atoms with Gasteiger partial charge in [0, 0.05) is 12.8 Å². The summed E-state index contributed by atoms with van der Waals surface area (Å²) in [6.07, 6.45) is -0.220. The van der Waals surface area contributed by atoms with E-state index in [9.17, 15) is 67.7 Å². The number of ether oxygens (including phenoxy) is 1. The molecule has 0 spiro atoms. The predicted octanol–water partition coefficient (Wildman–Crippen LogP) is -2.40. The number of primary amides is 1. The number of nitrogens with zero attached hydrogens (tertiary/aromatic N) is 1. The topological polar surface area (TPSA) is 477 Å². The Morgan fingerprint density at radius 3 is 1.53 bits per heavy atom. The minimum absolute atomic E-state index is 0.0817. The Bertz CT molecular complexity index is 2900. The van der Waals surface area contributed by atoms with Crippen molar-refractivity contribution in [2.45, 2.75) is 200 Å². The first-order valence-corrected chi connectivity index (χ1v) is 31.6. The Morgan fingerprint density at radius 2 is 1.04 bits per heavy atom. The second kappa shape index (κ2) is 38.9. The van der Waals surface area contributed by atoms with Crippen LogP contribution >= 0.6 is 0 Å². The van der Waals surface area contributed by atoms with Crippen LogP contribution in [-0.4, -0.2) is 180 Å². The second-order valence-electron chi connectivity index (χ2n) is 23.7. The lowest BCUT2D eigenvalue weighted by molar-refractivity contribution is -0.157. The van der Waals surface area contributed by atoms with Gasteiger partial charge < -0.3 is 90.6 Å². The fraction of sp³-hybridized carbons (Fsp3) is 0.603. The van der Waals surface area contributed by atoms with Gasteiger partial charge in [0.1, 0.15) is 66.5 Å². The molecule has 3 rings (SSSR count). The van der Waals surface area contributed by atoms with Gasteiger partial charge in [-0.2, -0.15) is 0 Å². The molecule has 1 saturated heterocycles. The monoisotopic (exact) mass is 1310 g/mol. The Hall–Kier alpha value is -8.77. The lowest BCUT2D eigenvalue weighted by Gasteiger charge is -2.31. The number of hydrogen-bond acceptors (Lipinski definition) is 17. The molecule has 0 unspecified atom stereocenters. The van der Waals surface area contributed by atoms with Gasteiger partial charge in [0.25, 0.3) is 0 Å². The molecule has 93 heavy (non-hydrogen) atoms. The number of guanidine groups is 1. The number of benzene rings is 2. The van der Waals surface area contributed by atoms with Crippen molar-refractivity contribution in [1.82, 2.24) is 58.5 Å². The maximum atomic E-state index is 14.4. The van der Waals surface area contributed by atoms with Crippen LogP contribution in [0, 0.1) is 23.7 Å². The summed E-state index contributed by atoms with van der Waals surface area (Å²) in [5.41, 5.74) is 18.4. The molecule has 0 bridgehead atoms. The van der Waals surface area contributed by atoms with Crippen LogP contribution < -0.4 is 75.7 Å². The van der Waals surface area contributed by atoms with Gasteiger partial charge in [-0.15, -0.1) is 0 Å². The van der Waals surface area contributed by atoms with Crippen molar-refractivity contribution in [3.63, 3.8) is 0 Å². The smallest absolute Gasteiger partial charge is 0.329 e. The van der Waals surface area contributed by atoms with E-state index in [0.29, 0.717) is 36.9 Å². The molecule has 0 aliphatic carbocycles. The van der Waals surface area contributed by atoms with E-state index in [1.54, 1.807) is 86.7 Å². The Morgan fingerprint density at radius 1 is 0.559 bits per heavy atom. The maximum absolute atomic E-state index is 14.4. The summed E-state index contributed by atoms with van der Waals surface area (Å²) in [6.45, 7) is 14.1. The average molecular weight is 1310 g/mol. The predicted molar refractivity (Wildman–Crippen MR) is 344 cm³/mol. The highest BCUT2D eigenvalue weighted by atomic mass is 16.5. The molecule has 1 aliphatic heterocycles. The number of nitrogens with one attached hydrogen (secondary N) is 11. The molecule has 11 amide bonds. The normalized spacial score (nSPS) is 20.5. The molecule has 1 fully saturated rings. The zero-order chi connectivity index (χ0) is 69.8. The van der Waals surface area contributed by atoms with Crippen molar-refractivity contribution >= 4 is 82.6 Å². The van der Waals surface area contributed by atoms with E-state index in [4.69, 9.17) is 21.9 Å². The van der Waals surface area contributed by atoms with Crippen molar-refractivity contribution < 1.29 is 72.5 Å². The van der Waals surface area contributed by atoms with Crippen LogP contribution in [-0.2, 0) is 75.1 Å². The number of aliphatic hydroxyl groups excluding tert-OH is 2. The Labute approximate surface area is 543 Å². The third-order valence-corrected chi connectivity index (χ3v) is 16.7. The van der Waals surface area contributed by atoms with E-state index >= 15 is 0 Å². The summed E-state index contributed by atoms with van der Waals surface area (Å²) in [5.74, 6) is -13.5. The zero-order valence-electron chi connectivity index (χ0n) is 55.1. The molecule has 30 heteroatoms. The summed E-state index contributed by atoms with van der Waals surface area (Å²) in [4.78, 5) is 170. The first kappa shape index (κ1) is 78.5. The number of aliphatic imine (C=N–C) groups is 1. The molecule has 30 nitrogen and oxygen atoms in total. The van der Waals surface area contributed by atoms with E-state index in [2.05, 4.69) is 63.5 Å². The number of hydrogen-bond donors (Lipinski definition) is 16. The highest BCUT2D eigenvalue weighted by Gasteiger charge is 2.41. The average Bonchev–Trinajstić information content (AvgIpc) is 3.19. The summed E-state index contributed by atoms with van der Waals surface area (Å²) in [5, 5.41) is 49.6. The van der Waals surface area contributed by atoms with Gasteiger partial charge in [-0.1, -0.05) is 124 Å². The maximum Gasteiger partial charge on any atom is 0.329 e. The molecule has 0 radical (unpaired) electrons. The lowest BCUT2D eigenvalue weighted by Crippen LogP contribution is -2.63. The van der Waals surface area contributed by atoms with Gasteiger partial charge in [0.2, 0.25) is 65.0 Å². The van der Waals surface area contributed by atoms with E-state index in [1.807, 2.05) is 30.3 Å². The van der Waals surface area contributed by atoms with Crippen LogP contribution in [0.3, 0.4) is 0 Å². The highest BCUT2D eigenvalue weighted by molar-refractivity contribution is 6.00. The third kappa shape index (κ3) is 24.7. The van der Waals surface area contributed by atoms with Crippen molar-refractivity contribution in [2.24, 2.45) is 45.9 Å². The van der Waals surface area contributed by atoms with Crippen molar-refractivity contribution in [1.29, 1.82) is 0 Å². The SMILES string of the molecule is CC[C@H](C)[C@H](NC(=O)[C@@H](CCc1ccccc1)NC)C(=O)N[C@@H](CO)C(=O)N[C@H](CCC(N)=O)C(=O)N[C@@H](C(=O)N[C@H](C(=O)N[C@@H](CO)C(=O)N[C@H]1C(=O)N[C@@H](C)C(=O)N[C@@H](Cc2ccc(N=C(N)N)cc2)C(=O)N[C@@H]([C@@H](C)CC)C(=O)O[C@H]1C)[C@@H](C)CC)[C@@H](C)CC. The number of likely N-dealkylation sites (N-methyl/N-ethyl adjacent to an activating group) is 1. The van der Waals surface area contributed by atoms with Gasteiger partial charge in [0.05, 0.1) is 24.9 Å². The number of amides is 11. The molecule has 0 saturated carbocycles. The number of nitrogens with two attached hydrogens (primary N) is 3. The van der Waals surface area contributed by atoms with Crippen LogP contribution in [0.4, 0.5) is 5.69 Å². The molecule has 2 aromatic rings. The molecular weight excluding hydrogens is 1210 g/mol. The molecule has 1 heterocycles. The van der Waals surface area contributed by atoms with Crippen molar-refractivity contribution in [3.8, 4) is 0 Å². The number of carbonyl (C=O) groups excluding carboxylic acids is 12. The van der Waals surface area contributed by atoms with Crippen LogP contribution in [0.2, 0.25) is 0 Å². The van der Waals surface area contributed by atoms with Gasteiger partial charge in [-0.25, -0.2) is 9.79 Å². The summed E-state index contributed by atoms with van der Waals surface area (Å²) < 4.78 is 5.76. The summed E-state index contributed by atoms with van der Waals surface area (Å²) in [7, 11) is 1.61. The number of aryl methyl sites for hydroxylation is 1. The molecule has 2 aromatic carbocycles. The number of aliphatic hydroxyl groups is 2. The zero-order valence-corrected chi connectivity index (χ0v) is 55.1. The first-order valence-electron chi connectivity index (χ1n) is 31.6. The van der Waals surface area contributed by atoms with Gasteiger partial charge in [-0.3, -0.25) is 52.7 Å². The van der Waals surface area contributed by atoms with Crippen LogP contribution in [0.5, 0.6) is 0 Å².